The Morgan fingerprint density at radius 2 is 1.86 bits per heavy atom. The quantitative estimate of drug-likeness (QED) is 0.555. The molecule has 29 heavy (non-hydrogen) atoms. The van der Waals surface area contributed by atoms with Gasteiger partial charge in [0.05, 0.1) is 12.8 Å². The summed E-state index contributed by atoms with van der Waals surface area (Å²) in [4.78, 5) is 25.8. The maximum atomic E-state index is 12.3. The van der Waals surface area contributed by atoms with Crippen LogP contribution in [0.1, 0.15) is 52.5 Å². The molecule has 2 amide bonds. The molecule has 1 aliphatic heterocycles. The van der Waals surface area contributed by atoms with Gasteiger partial charge in [0.15, 0.2) is 18.1 Å². The van der Waals surface area contributed by atoms with Crippen LogP contribution in [-0.4, -0.2) is 55.0 Å². The van der Waals surface area contributed by atoms with E-state index in [0.29, 0.717) is 23.7 Å². The number of hydrogen-bond donors (Lipinski definition) is 1. The van der Waals surface area contributed by atoms with Crippen molar-refractivity contribution in [3.05, 3.63) is 23.8 Å². The number of amides is 2. The van der Waals surface area contributed by atoms with Crippen LogP contribution < -0.4 is 14.9 Å². The van der Waals surface area contributed by atoms with Gasteiger partial charge >= 0.3 is 6.09 Å². The van der Waals surface area contributed by atoms with Gasteiger partial charge in [-0.1, -0.05) is 0 Å². The number of hydrazone groups is 1. The number of carbonyl (C=O) groups excluding carboxylic acids is 2. The lowest BCUT2D eigenvalue weighted by atomic mass is 10.1. The predicted molar refractivity (Wildman–Crippen MR) is 111 cm³/mol. The highest BCUT2D eigenvalue weighted by molar-refractivity contribution is 5.82. The molecule has 1 N–H and O–H groups in total. The van der Waals surface area contributed by atoms with Crippen molar-refractivity contribution in [3.63, 3.8) is 0 Å². The number of nitrogens with zero attached hydrogens (tertiary/aromatic N) is 2. The summed E-state index contributed by atoms with van der Waals surface area (Å²) in [5, 5.41) is 3.89. The zero-order chi connectivity index (χ0) is 21.3. The van der Waals surface area contributed by atoms with E-state index in [4.69, 9.17) is 14.2 Å². The lowest BCUT2D eigenvalue weighted by molar-refractivity contribution is -0.134. The van der Waals surface area contributed by atoms with Gasteiger partial charge in [-0.15, -0.1) is 0 Å². The first-order valence-corrected chi connectivity index (χ1v) is 9.98. The number of ether oxygens (including phenoxy) is 3. The summed E-state index contributed by atoms with van der Waals surface area (Å²) >= 11 is 0. The highest BCUT2D eigenvalue weighted by Gasteiger charge is 2.18. The Morgan fingerprint density at radius 3 is 2.52 bits per heavy atom. The molecule has 0 aromatic heterocycles. The van der Waals surface area contributed by atoms with Gasteiger partial charge < -0.3 is 19.1 Å². The molecule has 0 bridgehead atoms. The van der Waals surface area contributed by atoms with Crippen molar-refractivity contribution in [2.75, 3.05) is 26.3 Å². The Morgan fingerprint density at radius 1 is 1.14 bits per heavy atom. The summed E-state index contributed by atoms with van der Waals surface area (Å²) < 4.78 is 16.4. The molecule has 1 aromatic rings. The van der Waals surface area contributed by atoms with Crippen LogP contribution in [0.4, 0.5) is 4.79 Å². The van der Waals surface area contributed by atoms with Crippen LogP contribution in [-0.2, 0) is 9.53 Å². The lowest BCUT2D eigenvalue weighted by Gasteiger charge is -2.26. The van der Waals surface area contributed by atoms with Gasteiger partial charge in [0.1, 0.15) is 5.60 Å². The average molecular weight is 405 g/mol. The van der Waals surface area contributed by atoms with Gasteiger partial charge in [0.25, 0.3) is 5.91 Å². The number of nitrogens with one attached hydrogen (secondary N) is 1. The van der Waals surface area contributed by atoms with Crippen molar-refractivity contribution < 1.29 is 23.8 Å². The van der Waals surface area contributed by atoms with Crippen molar-refractivity contribution in [1.82, 2.24) is 10.3 Å². The van der Waals surface area contributed by atoms with E-state index in [9.17, 15) is 9.59 Å². The molecule has 0 aliphatic carbocycles. The maximum absolute atomic E-state index is 12.3. The number of benzene rings is 1. The number of likely N-dealkylation sites (tertiary alicyclic amines) is 1. The van der Waals surface area contributed by atoms with E-state index in [1.54, 1.807) is 39.0 Å². The fourth-order valence-corrected chi connectivity index (χ4v) is 2.83. The zero-order valence-electron chi connectivity index (χ0n) is 17.7. The monoisotopic (exact) mass is 405 g/mol. The second-order valence-electron chi connectivity index (χ2n) is 7.74. The fourth-order valence-electron chi connectivity index (χ4n) is 2.83. The van der Waals surface area contributed by atoms with Crippen LogP contribution in [0.15, 0.2) is 23.3 Å². The van der Waals surface area contributed by atoms with Crippen LogP contribution in [0.25, 0.3) is 0 Å². The van der Waals surface area contributed by atoms with Gasteiger partial charge in [0.2, 0.25) is 0 Å². The molecule has 0 spiro atoms. The standard InChI is InChI=1S/C21H31N3O5/c1-5-27-18-13-16(14-22-23-20(26)29-21(2,3)4)9-10-17(18)28-15-19(25)24-11-7-6-8-12-24/h9-10,13-14H,5-8,11-12,15H2,1-4H3,(H,23,26)/b22-14+. The van der Waals surface area contributed by atoms with Gasteiger partial charge in [0, 0.05) is 13.1 Å². The molecule has 1 aliphatic rings. The minimum Gasteiger partial charge on any atom is -0.490 e. The SMILES string of the molecule is CCOc1cc(/C=N/NC(=O)OC(C)(C)C)ccc1OCC(=O)N1CCCCC1. The van der Waals surface area contributed by atoms with Crippen LogP contribution in [0, 0.1) is 0 Å². The largest absolute Gasteiger partial charge is 0.490 e. The molecule has 8 nitrogen and oxygen atoms in total. The minimum atomic E-state index is -0.630. The molecule has 160 valence electrons. The molecule has 1 saturated heterocycles. The van der Waals surface area contributed by atoms with Crippen molar-refractivity contribution in [3.8, 4) is 11.5 Å². The summed E-state index contributed by atoms with van der Waals surface area (Å²) in [5.41, 5.74) is 2.43. The summed E-state index contributed by atoms with van der Waals surface area (Å²) in [6, 6.07) is 5.23. The Hall–Kier alpha value is -2.77. The molecule has 0 saturated carbocycles. The van der Waals surface area contributed by atoms with Crippen LogP contribution >= 0.6 is 0 Å². The second kappa shape index (κ2) is 10.7. The van der Waals surface area contributed by atoms with E-state index in [2.05, 4.69) is 10.5 Å². The Labute approximate surface area is 172 Å². The molecule has 0 atom stereocenters. The normalized spacial score (nSPS) is 14.6. The van der Waals surface area contributed by atoms with Crippen molar-refractivity contribution in [1.29, 1.82) is 0 Å². The van der Waals surface area contributed by atoms with Crippen LogP contribution in [0.2, 0.25) is 0 Å². The third kappa shape index (κ3) is 8.01. The Balaban J connectivity index is 1.95. The first kappa shape index (κ1) is 22.5. The molecular weight excluding hydrogens is 374 g/mol. The summed E-state index contributed by atoms with van der Waals surface area (Å²) in [5.74, 6) is 0.994. The van der Waals surface area contributed by atoms with E-state index >= 15 is 0 Å². The topological polar surface area (TPSA) is 89.5 Å². The first-order chi connectivity index (χ1) is 13.8. The molecule has 0 radical (unpaired) electrons. The highest BCUT2D eigenvalue weighted by atomic mass is 16.6. The fraction of sp³-hybridized carbons (Fsp3) is 0.571. The van der Waals surface area contributed by atoms with E-state index in [-0.39, 0.29) is 12.5 Å². The molecule has 2 rings (SSSR count). The molecule has 8 heteroatoms. The third-order valence-corrected chi connectivity index (χ3v) is 4.10. The maximum Gasteiger partial charge on any atom is 0.428 e. The molecule has 1 fully saturated rings. The van der Waals surface area contributed by atoms with E-state index in [0.717, 1.165) is 25.9 Å². The second-order valence-corrected chi connectivity index (χ2v) is 7.74. The Bertz CT molecular complexity index is 722. The third-order valence-electron chi connectivity index (χ3n) is 4.10. The van der Waals surface area contributed by atoms with Gasteiger partial charge in [-0.25, -0.2) is 10.2 Å². The smallest absolute Gasteiger partial charge is 0.428 e. The number of carbonyl (C=O) groups is 2. The number of rotatable bonds is 7. The molecule has 1 aromatic carbocycles. The van der Waals surface area contributed by atoms with Gasteiger partial charge in [-0.3, -0.25) is 4.79 Å². The lowest BCUT2D eigenvalue weighted by Crippen LogP contribution is -2.38. The molecule has 0 unspecified atom stereocenters. The zero-order valence-corrected chi connectivity index (χ0v) is 17.7. The average Bonchev–Trinajstić information content (AvgIpc) is 2.66. The van der Waals surface area contributed by atoms with Gasteiger partial charge in [-0.05, 0) is 70.7 Å². The number of piperidine rings is 1. The molecular formula is C21H31N3O5. The van der Waals surface area contributed by atoms with Crippen LogP contribution in [0.3, 0.4) is 0 Å². The minimum absolute atomic E-state index is 0.0145. The van der Waals surface area contributed by atoms with E-state index < -0.39 is 11.7 Å². The number of hydrogen-bond acceptors (Lipinski definition) is 6. The summed E-state index contributed by atoms with van der Waals surface area (Å²) in [7, 11) is 0. The highest BCUT2D eigenvalue weighted by Crippen LogP contribution is 2.28. The van der Waals surface area contributed by atoms with Crippen molar-refractivity contribution >= 4 is 18.2 Å². The first-order valence-electron chi connectivity index (χ1n) is 9.98. The summed E-state index contributed by atoms with van der Waals surface area (Å²) in [6.07, 6.45) is 4.11. The Kier molecular flexibility index (Phi) is 8.30. The predicted octanol–water partition coefficient (Wildman–Crippen LogP) is 3.34. The molecule has 1 heterocycles. The van der Waals surface area contributed by atoms with Crippen LogP contribution in [0.5, 0.6) is 11.5 Å². The van der Waals surface area contributed by atoms with Gasteiger partial charge in [-0.2, -0.15) is 5.10 Å². The van der Waals surface area contributed by atoms with E-state index in [1.807, 2.05) is 11.8 Å². The summed E-state index contributed by atoms with van der Waals surface area (Å²) in [6.45, 7) is 9.22. The van der Waals surface area contributed by atoms with Crippen molar-refractivity contribution in [2.45, 2.75) is 52.6 Å². The van der Waals surface area contributed by atoms with E-state index in [1.165, 1.54) is 12.6 Å². The van der Waals surface area contributed by atoms with Crippen molar-refractivity contribution in [2.24, 2.45) is 5.10 Å².